The summed E-state index contributed by atoms with van der Waals surface area (Å²) in [7, 11) is 1.78. The normalized spacial score (nSPS) is 27.4. The first-order chi connectivity index (χ1) is 6.66. The highest BCUT2D eigenvalue weighted by atomic mass is 16.3. The molecule has 1 amide bonds. The van der Waals surface area contributed by atoms with Gasteiger partial charge in [-0.3, -0.25) is 4.79 Å². The van der Waals surface area contributed by atoms with Crippen LogP contribution in [-0.2, 0) is 4.79 Å². The molecule has 14 heavy (non-hydrogen) atoms. The van der Waals surface area contributed by atoms with Gasteiger partial charge in [-0.1, -0.05) is 19.8 Å². The van der Waals surface area contributed by atoms with E-state index < -0.39 is 0 Å². The van der Waals surface area contributed by atoms with Crippen molar-refractivity contribution in [1.29, 1.82) is 0 Å². The highest BCUT2D eigenvalue weighted by Crippen LogP contribution is 2.30. The van der Waals surface area contributed by atoms with Crippen molar-refractivity contribution in [2.45, 2.75) is 32.6 Å². The molecule has 0 aliphatic heterocycles. The topological polar surface area (TPSA) is 40.5 Å². The van der Waals surface area contributed by atoms with Crippen LogP contribution < -0.4 is 0 Å². The lowest BCUT2D eigenvalue weighted by atomic mass is 9.79. The van der Waals surface area contributed by atoms with E-state index in [1.807, 2.05) is 0 Å². The van der Waals surface area contributed by atoms with Crippen molar-refractivity contribution in [2.75, 3.05) is 20.2 Å². The number of nitrogens with zero attached hydrogens (tertiary/aromatic N) is 1. The van der Waals surface area contributed by atoms with Crippen LogP contribution in [0.2, 0.25) is 0 Å². The SMILES string of the molecule is CC1CCCCC1C(=O)N(C)CCO. The van der Waals surface area contributed by atoms with Crippen LogP contribution in [0.1, 0.15) is 32.6 Å². The number of amides is 1. The predicted molar refractivity (Wildman–Crippen MR) is 55.8 cm³/mol. The Labute approximate surface area is 86.1 Å². The van der Waals surface area contributed by atoms with Gasteiger partial charge in [0.05, 0.1) is 6.61 Å². The molecule has 1 rings (SSSR count). The van der Waals surface area contributed by atoms with E-state index >= 15 is 0 Å². The zero-order chi connectivity index (χ0) is 10.6. The van der Waals surface area contributed by atoms with E-state index in [1.54, 1.807) is 11.9 Å². The number of carbonyl (C=O) groups excluding carboxylic acids is 1. The third kappa shape index (κ3) is 2.71. The molecular weight excluding hydrogens is 178 g/mol. The maximum Gasteiger partial charge on any atom is 0.225 e. The number of carbonyl (C=O) groups is 1. The van der Waals surface area contributed by atoms with E-state index in [0.717, 1.165) is 6.42 Å². The summed E-state index contributed by atoms with van der Waals surface area (Å²) in [5, 5.41) is 8.76. The Morgan fingerprint density at radius 3 is 2.64 bits per heavy atom. The van der Waals surface area contributed by atoms with Crippen LogP contribution in [0.3, 0.4) is 0 Å². The molecular formula is C11H21NO2. The Balaban J connectivity index is 2.49. The maximum absolute atomic E-state index is 11.9. The van der Waals surface area contributed by atoms with Gasteiger partial charge in [0.25, 0.3) is 0 Å². The van der Waals surface area contributed by atoms with Crippen LogP contribution in [0.4, 0.5) is 0 Å². The van der Waals surface area contributed by atoms with Crippen molar-refractivity contribution in [1.82, 2.24) is 4.90 Å². The minimum atomic E-state index is 0.0589. The Morgan fingerprint density at radius 1 is 1.43 bits per heavy atom. The van der Waals surface area contributed by atoms with Gasteiger partial charge in [-0.25, -0.2) is 0 Å². The summed E-state index contributed by atoms with van der Waals surface area (Å²) in [6.45, 7) is 2.68. The van der Waals surface area contributed by atoms with Gasteiger partial charge in [0.15, 0.2) is 0 Å². The molecule has 0 spiro atoms. The van der Waals surface area contributed by atoms with Crippen molar-refractivity contribution in [2.24, 2.45) is 11.8 Å². The predicted octanol–water partition coefficient (Wildman–Crippen LogP) is 1.26. The number of aliphatic hydroxyl groups is 1. The van der Waals surface area contributed by atoms with Gasteiger partial charge in [0.2, 0.25) is 5.91 Å². The largest absolute Gasteiger partial charge is 0.395 e. The second-order valence-electron chi connectivity index (χ2n) is 4.35. The molecule has 82 valence electrons. The van der Waals surface area contributed by atoms with Crippen LogP contribution in [0, 0.1) is 11.8 Å². The molecule has 0 bridgehead atoms. The van der Waals surface area contributed by atoms with Crippen LogP contribution >= 0.6 is 0 Å². The number of rotatable bonds is 3. The minimum absolute atomic E-state index is 0.0589. The van der Waals surface area contributed by atoms with E-state index in [2.05, 4.69) is 6.92 Å². The summed E-state index contributed by atoms with van der Waals surface area (Å²) in [5.41, 5.74) is 0. The molecule has 1 N–H and O–H groups in total. The average Bonchev–Trinajstić information content (AvgIpc) is 2.18. The van der Waals surface area contributed by atoms with Crippen molar-refractivity contribution < 1.29 is 9.90 Å². The van der Waals surface area contributed by atoms with Gasteiger partial charge >= 0.3 is 0 Å². The molecule has 3 nitrogen and oxygen atoms in total. The van der Waals surface area contributed by atoms with Gasteiger partial charge in [0.1, 0.15) is 0 Å². The summed E-state index contributed by atoms with van der Waals surface area (Å²) in [6, 6.07) is 0. The van der Waals surface area contributed by atoms with Gasteiger partial charge in [-0.2, -0.15) is 0 Å². The zero-order valence-corrected chi connectivity index (χ0v) is 9.20. The average molecular weight is 199 g/mol. The summed E-state index contributed by atoms with van der Waals surface area (Å²) in [5.74, 6) is 0.920. The molecule has 0 aromatic rings. The van der Waals surface area contributed by atoms with E-state index in [1.165, 1.54) is 19.3 Å². The Morgan fingerprint density at radius 2 is 2.07 bits per heavy atom. The molecule has 0 heterocycles. The third-order valence-corrected chi connectivity index (χ3v) is 3.24. The van der Waals surface area contributed by atoms with E-state index in [4.69, 9.17) is 5.11 Å². The molecule has 2 atom stereocenters. The number of likely N-dealkylation sites (N-methyl/N-ethyl adjacent to an activating group) is 1. The fourth-order valence-electron chi connectivity index (χ4n) is 2.23. The lowest BCUT2D eigenvalue weighted by Gasteiger charge is -2.31. The van der Waals surface area contributed by atoms with Crippen molar-refractivity contribution >= 4 is 5.91 Å². The highest BCUT2D eigenvalue weighted by molar-refractivity contribution is 5.78. The maximum atomic E-state index is 11.9. The standard InChI is InChI=1S/C11H21NO2/c1-9-5-3-4-6-10(9)11(14)12(2)7-8-13/h9-10,13H,3-8H2,1-2H3. The first kappa shape index (κ1) is 11.5. The van der Waals surface area contributed by atoms with Gasteiger partial charge in [-0.05, 0) is 18.8 Å². The minimum Gasteiger partial charge on any atom is -0.395 e. The molecule has 1 fully saturated rings. The van der Waals surface area contributed by atoms with E-state index in [-0.39, 0.29) is 18.4 Å². The molecule has 1 aliphatic rings. The fraction of sp³-hybridized carbons (Fsp3) is 0.909. The van der Waals surface area contributed by atoms with Gasteiger partial charge in [0, 0.05) is 19.5 Å². The number of hydrogen-bond acceptors (Lipinski definition) is 2. The van der Waals surface area contributed by atoms with E-state index in [0.29, 0.717) is 12.5 Å². The smallest absolute Gasteiger partial charge is 0.225 e. The molecule has 0 radical (unpaired) electrons. The van der Waals surface area contributed by atoms with Gasteiger partial charge < -0.3 is 10.0 Å². The Kier molecular flexibility index (Phi) is 4.39. The lowest BCUT2D eigenvalue weighted by Crippen LogP contribution is -2.38. The summed E-state index contributed by atoms with van der Waals surface area (Å²) in [4.78, 5) is 13.6. The Bertz CT molecular complexity index is 194. The monoisotopic (exact) mass is 199 g/mol. The van der Waals surface area contributed by atoms with Crippen molar-refractivity contribution in [3.8, 4) is 0 Å². The number of hydrogen-bond donors (Lipinski definition) is 1. The first-order valence-electron chi connectivity index (χ1n) is 5.52. The molecule has 2 unspecified atom stereocenters. The van der Waals surface area contributed by atoms with Gasteiger partial charge in [-0.15, -0.1) is 0 Å². The molecule has 3 heteroatoms. The number of aliphatic hydroxyl groups excluding tert-OH is 1. The van der Waals surface area contributed by atoms with E-state index in [9.17, 15) is 4.79 Å². The molecule has 0 aromatic heterocycles. The van der Waals surface area contributed by atoms with Crippen LogP contribution in [0.15, 0.2) is 0 Å². The second kappa shape index (κ2) is 5.35. The van der Waals surface area contributed by atoms with Crippen LogP contribution in [0.5, 0.6) is 0 Å². The van der Waals surface area contributed by atoms with Crippen molar-refractivity contribution in [3.05, 3.63) is 0 Å². The molecule has 0 aromatic carbocycles. The fourth-order valence-corrected chi connectivity index (χ4v) is 2.23. The quantitative estimate of drug-likeness (QED) is 0.743. The third-order valence-electron chi connectivity index (χ3n) is 3.24. The first-order valence-corrected chi connectivity index (χ1v) is 5.52. The van der Waals surface area contributed by atoms with Crippen LogP contribution in [0.25, 0.3) is 0 Å². The second-order valence-corrected chi connectivity index (χ2v) is 4.35. The molecule has 0 saturated heterocycles. The zero-order valence-electron chi connectivity index (χ0n) is 9.20. The molecule has 1 aliphatic carbocycles. The molecule has 1 saturated carbocycles. The van der Waals surface area contributed by atoms with Crippen molar-refractivity contribution in [3.63, 3.8) is 0 Å². The Hall–Kier alpha value is -0.570. The highest BCUT2D eigenvalue weighted by Gasteiger charge is 2.29. The van der Waals surface area contributed by atoms with Crippen LogP contribution in [-0.4, -0.2) is 36.1 Å². The summed E-state index contributed by atoms with van der Waals surface area (Å²) in [6.07, 6.45) is 4.63. The summed E-state index contributed by atoms with van der Waals surface area (Å²) >= 11 is 0. The summed E-state index contributed by atoms with van der Waals surface area (Å²) < 4.78 is 0. The lowest BCUT2D eigenvalue weighted by molar-refractivity contribution is -0.137.